The van der Waals surface area contributed by atoms with Crippen LogP contribution in [0.15, 0.2) is 12.1 Å². The Balaban J connectivity index is 2.23. The highest BCUT2D eigenvalue weighted by Gasteiger charge is 2.17. The van der Waals surface area contributed by atoms with Crippen molar-refractivity contribution in [2.24, 2.45) is 0 Å². The summed E-state index contributed by atoms with van der Waals surface area (Å²) in [7, 11) is 0. The molecule has 0 unspecified atom stereocenters. The van der Waals surface area contributed by atoms with Gasteiger partial charge in [0, 0.05) is 30.2 Å². The van der Waals surface area contributed by atoms with Crippen LogP contribution < -0.4 is 0 Å². The first kappa shape index (κ1) is 13.3. The number of hydrogen-bond acceptors (Lipinski definition) is 4. The highest BCUT2D eigenvalue weighted by molar-refractivity contribution is 6.31. The van der Waals surface area contributed by atoms with Gasteiger partial charge in [-0.2, -0.15) is 0 Å². The van der Waals surface area contributed by atoms with Crippen LogP contribution in [0, 0.1) is 0 Å². The molecule has 4 nitrogen and oxygen atoms in total. The maximum atomic E-state index is 11.4. The largest absolute Gasteiger partial charge is 0.507 e. The predicted octanol–water partition coefficient (Wildman–Crippen LogP) is 2.08. The molecule has 0 aromatic heterocycles. The zero-order chi connectivity index (χ0) is 13.1. The number of hydrogen-bond donors (Lipinski definition) is 1. The van der Waals surface area contributed by atoms with Crippen LogP contribution in [-0.2, 0) is 11.3 Å². The predicted molar refractivity (Wildman–Crippen MR) is 69.2 cm³/mol. The van der Waals surface area contributed by atoms with Crippen molar-refractivity contribution in [3.05, 3.63) is 28.3 Å². The SMILES string of the molecule is CC(=O)c1cc(Cl)cc(CN2CCOCC2)c1O. The van der Waals surface area contributed by atoms with Crippen LogP contribution in [0.2, 0.25) is 5.02 Å². The van der Waals surface area contributed by atoms with Gasteiger partial charge in [-0.1, -0.05) is 11.6 Å². The summed E-state index contributed by atoms with van der Waals surface area (Å²) in [5.41, 5.74) is 0.973. The second-order valence-electron chi connectivity index (χ2n) is 4.41. The van der Waals surface area contributed by atoms with E-state index in [0.717, 1.165) is 13.1 Å². The summed E-state index contributed by atoms with van der Waals surface area (Å²) in [5.74, 6) is -0.142. The molecule has 0 aliphatic carbocycles. The van der Waals surface area contributed by atoms with E-state index in [2.05, 4.69) is 4.90 Å². The molecule has 5 heteroatoms. The number of carbonyl (C=O) groups is 1. The van der Waals surface area contributed by atoms with E-state index in [0.29, 0.717) is 30.3 Å². The Morgan fingerprint density at radius 1 is 1.44 bits per heavy atom. The Labute approximate surface area is 111 Å². The summed E-state index contributed by atoms with van der Waals surface area (Å²) in [4.78, 5) is 13.6. The first-order valence-corrected chi connectivity index (χ1v) is 6.28. The monoisotopic (exact) mass is 269 g/mol. The standard InChI is InChI=1S/C13H16ClNO3/c1-9(16)12-7-11(14)6-10(13(12)17)8-15-2-4-18-5-3-15/h6-7,17H,2-5,8H2,1H3. The van der Waals surface area contributed by atoms with Crippen molar-refractivity contribution < 1.29 is 14.6 Å². The number of morpholine rings is 1. The molecule has 18 heavy (non-hydrogen) atoms. The molecule has 1 fully saturated rings. The average Bonchev–Trinajstić information content (AvgIpc) is 2.34. The van der Waals surface area contributed by atoms with E-state index in [9.17, 15) is 9.90 Å². The van der Waals surface area contributed by atoms with Gasteiger partial charge in [-0.25, -0.2) is 0 Å². The van der Waals surface area contributed by atoms with Gasteiger partial charge < -0.3 is 9.84 Å². The summed E-state index contributed by atoms with van der Waals surface area (Å²) >= 11 is 5.98. The van der Waals surface area contributed by atoms with Crippen molar-refractivity contribution in [3.63, 3.8) is 0 Å². The third-order valence-corrected chi connectivity index (χ3v) is 3.25. The number of rotatable bonds is 3. The fraction of sp³-hybridized carbons (Fsp3) is 0.462. The summed E-state index contributed by atoms with van der Waals surface area (Å²) in [6, 6.07) is 3.21. The molecule has 1 heterocycles. The molecule has 0 radical (unpaired) electrons. The maximum absolute atomic E-state index is 11.4. The lowest BCUT2D eigenvalue weighted by atomic mass is 10.1. The fourth-order valence-corrected chi connectivity index (χ4v) is 2.29. The van der Waals surface area contributed by atoms with Gasteiger partial charge in [-0.15, -0.1) is 0 Å². The van der Waals surface area contributed by atoms with E-state index < -0.39 is 0 Å². The summed E-state index contributed by atoms with van der Waals surface area (Å²) in [6.45, 7) is 5.03. The van der Waals surface area contributed by atoms with E-state index in [-0.39, 0.29) is 17.1 Å². The van der Waals surface area contributed by atoms with Crippen molar-refractivity contribution in [3.8, 4) is 5.75 Å². The number of carbonyl (C=O) groups excluding carboxylic acids is 1. The number of ether oxygens (including phenoxy) is 1. The topological polar surface area (TPSA) is 49.8 Å². The molecule has 1 aromatic rings. The quantitative estimate of drug-likeness (QED) is 0.854. The number of phenolic OH excluding ortho intramolecular Hbond substituents is 1. The molecule has 1 aliphatic heterocycles. The number of ketones is 1. The fourth-order valence-electron chi connectivity index (χ4n) is 2.04. The lowest BCUT2D eigenvalue weighted by Gasteiger charge is -2.27. The second-order valence-corrected chi connectivity index (χ2v) is 4.84. The minimum atomic E-state index is -0.182. The smallest absolute Gasteiger partial charge is 0.163 e. The third kappa shape index (κ3) is 3.02. The van der Waals surface area contributed by atoms with E-state index in [1.54, 1.807) is 6.07 Å². The van der Waals surface area contributed by atoms with Gasteiger partial charge >= 0.3 is 0 Å². The number of nitrogens with zero attached hydrogens (tertiary/aromatic N) is 1. The lowest BCUT2D eigenvalue weighted by molar-refractivity contribution is 0.0338. The van der Waals surface area contributed by atoms with Crippen LogP contribution in [0.5, 0.6) is 5.75 Å². The van der Waals surface area contributed by atoms with Gasteiger partial charge in [0.05, 0.1) is 18.8 Å². The van der Waals surface area contributed by atoms with E-state index in [1.807, 2.05) is 0 Å². The van der Waals surface area contributed by atoms with E-state index >= 15 is 0 Å². The molecule has 1 aliphatic rings. The highest BCUT2D eigenvalue weighted by atomic mass is 35.5. The highest BCUT2D eigenvalue weighted by Crippen LogP contribution is 2.28. The van der Waals surface area contributed by atoms with Gasteiger partial charge in [-0.05, 0) is 19.1 Å². The van der Waals surface area contributed by atoms with Crippen molar-refractivity contribution in [1.29, 1.82) is 0 Å². The molecular weight excluding hydrogens is 254 g/mol. The molecule has 2 rings (SSSR count). The molecule has 0 bridgehead atoms. The molecule has 0 spiro atoms. The first-order valence-electron chi connectivity index (χ1n) is 5.90. The summed E-state index contributed by atoms with van der Waals surface area (Å²) in [6.07, 6.45) is 0. The second kappa shape index (κ2) is 5.69. The molecule has 0 saturated carbocycles. The Hall–Kier alpha value is -1.10. The van der Waals surface area contributed by atoms with Gasteiger partial charge in [0.2, 0.25) is 0 Å². The Bertz CT molecular complexity index is 456. The van der Waals surface area contributed by atoms with Crippen LogP contribution in [0.4, 0.5) is 0 Å². The van der Waals surface area contributed by atoms with Crippen LogP contribution in [0.3, 0.4) is 0 Å². The van der Waals surface area contributed by atoms with Crippen molar-refractivity contribution >= 4 is 17.4 Å². The van der Waals surface area contributed by atoms with E-state index in [4.69, 9.17) is 16.3 Å². The summed E-state index contributed by atoms with van der Waals surface area (Å²) in [5, 5.41) is 10.6. The molecule has 98 valence electrons. The number of benzene rings is 1. The van der Waals surface area contributed by atoms with Gasteiger partial charge in [0.15, 0.2) is 5.78 Å². The van der Waals surface area contributed by atoms with Crippen LogP contribution in [0.1, 0.15) is 22.8 Å². The first-order chi connectivity index (χ1) is 8.58. The third-order valence-electron chi connectivity index (χ3n) is 3.03. The minimum absolute atomic E-state index is 0.0402. The lowest BCUT2D eigenvalue weighted by Crippen LogP contribution is -2.35. The zero-order valence-electron chi connectivity index (χ0n) is 10.3. The maximum Gasteiger partial charge on any atom is 0.163 e. The van der Waals surface area contributed by atoms with Gasteiger partial charge in [0.1, 0.15) is 5.75 Å². The van der Waals surface area contributed by atoms with Crippen LogP contribution in [0.25, 0.3) is 0 Å². The average molecular weight is 270 g/mol. The Morgan fingerprint density at radius 3 is 2.72 bits per heavy atom. The van der Waals surface area contributed by atoms with Gasteiger partial charge in [-0.3, -0.25) is 9.69 Å². The Morgan fingerprint density at radius 2 is 2.11 bits per heavy atom. The van der Waals surface area contributed by atoms with Crippen molar-refractivity contribution in [2.45, 2.75) is 13.5 Å². The zero-order valence-corrected chi connectivity index (χ0v) is 11.0. The molecule has 1 saturated heterocycles. The molecule has 0 atom stereocenters. The molecular formula is C13H16ClNO3. The molecule has 1 N–H and O–H groups in total. The summed E-state index contributed by atoms with van der Waals surface area (Å²) < 4.78 is 5.27. The van der Waals surface area contributed by atoms with Gasteiger partial charge in [0.25, 0.3) is 0 Å². The van der Waals surface area contributed by atoms with Crippen LogP contribution in [-0.4, -0.2) is 42.1 Å². The number of aromatic hydroxyl groups is 1. The van der Waals surface area contributed by atoms with E-state index in [1.165, 1.54) is 13.0 Å². The molecule has 1 aromatic carbocycles. The number of halogens is 1. The minimum Gasteiger partial charge on any atom is -0.507 e. The van der Waals surface area contributed by atoms with Crippen LogP contribution >= 0.6 is 11.6 Å². The normalized spacial score (nSPS) is 16.8. The Kier molecular flexibility index (Phi) is 4.22. The van der Waals surface area contributed by atoms with Crippen molar-refractivity contribution in [2.75, 3.05) is 26.3 Å². The molecule has 0 amide bonds. The van der Waals surface area contributed by atoms with Crippen molar-refractivity contribution in [1.82, 2.24) is 4.90 Å². The number of phenols is 1. The number of Topliss-reactive ketones (excluding diaryl/α,β-unsaturated/α-hetero) is 1.